The van der Waals surface area contributed by atoms with Gasteiger partial charge in [0, 0.05) is 19.0 Å². The molecule has 0 aliphatic carbocycles. The number of piperidine rings is 1. The van der Waals surface area contributed by atoms with Crippen LogP contribution in [0.25, 0.3) is 0 Å². The summed E-state index contributed by atoms with van der Waals surface area (Å²) in [4.78, 5) is 2.51. The molecular weight excluding hydrogens is 212 g/mol. The predicted molar refractivity (Wildman–Crippen MR) is 70.2 cm³/mol. The Labute approximate surface area is 104 Å². The van der Waals surface area contributed by atoms with Crippen molar-refractivity contribution in [3.05, 3.63) is 24.2 Å². The first-order chi connectivity index (χ1) is 8.36. The Balaban J connectivity index is 1.53. The summed E-state index contributed by atoms with van der Waals surface area (Å²) >= 11 is 0. The summed E-state index contributed by atoms with van der Waals surface area (Å²) in [7, 11) is 2.26. The smallest absolute Gasteiger partial charge is 0.105 e. The number of hydrogen-bond acceptors (Lipinski definition) is 3. The molecule has 0 amide bonds. The van der Waals surface area contributed by atoms with E-state index in [2.05, 4.69) is 17.3 Å². The molecule has 1 aliphatic heterocycles. The molecule has 1 N–H and O–H groups in total. The van der Waals surface area contributed by atoms with Crippen LogP contribution in [0.3, 0.4) is 0 Å². The molecule has 0 saturated carbocycles. The van der Waals surface area contributed by atoms with Crippen molar-refractivity contribution in [3.63, 3.8) is 0 Å². The molecule has 1 aliphatic rings. The minimum absolute atomic E-state index is 0.792. The van der Waals surface area contributed by atoms with Crippen LogP contribution >= 0.6 is 0 Å². The fourth-order valence-electron chi connectivity index (χ4n) is 2.57. The molecule has 0 aromatic carbocycles. The Morgan fingerprint density at radius 3 is 3.12 bits per heavy atom. The molecule has 1 aromatic heterocycles. The Morgan fingerprint density at radius 2 is 2.35 bits per heavy atom. The fourth-order valence-corrected chi connectivity index (χ4v) is 2.57. The van der Waals surface area contributed by atoms with Crippen LogP contribution in [-0.4, -0.2) is 37.6 Å². The average molecular weight is 236 g/mol. The second kappa shape index (κ2) is 6.82. The van der Waals surface area contributed by atoms with Gasteiger partial charge in [0.25, 0.3) is 0 Å². The van der Waals surface area contributed by atoms with Crippen LogP contribution in [0.15, 0.2) is 22.8 Å². The van der Waals surface area contributed by atoms with Crippen molar-refractivity contribution in [2.45, 2.75) is 38.1 Å². The summed E-state index contributed by atoms with van der Waals surface area (Å²) in [6.45, 7) is 3.41. The van der Waals surface area contributed by atoms with E-state index in [1.54, 1.807) is 6.26 Å². The standard InChI is InChI=1S/C14H24N2O/c1-16-11-3-2-5-13(16)7-9-15-10-8-14-6-4-12-17-14/h4,6,12-13,15H,2-3,5,7-11H2,1H3. The summed E-state index contributed by atoms with van der Waals surface area (Å²) in [5, 5.41) is 3.50. The lowest BCUT2D eigenvalue weighted by molar-refractivity contribution is 0.175. The minimum Gasteiger partial charge on any atom is -0.469 e. The van der Waals surface area contributed by atoms with Gasteiger partial charge in [0.1, 0.15) is 5.76 Å². The summed E-state index contributed by atoms with van der Waals surface area (Å²) < 4.78 is 5.30. The van der Waals surface area contributed by atoms with Gasteiger partial charge in [0.05, 0.1) is 6.26 Å². The van der Waals surface area contributed by atoms with E-state index >= 15 is 0 Å². The van der Waals surface area contributed by atoms with Crippen LogP contribution < -0.4 is 5.32 Å². The maximum Gasteiger partial charge on any atom is 0.105 e. The first-order valence-electron chi connectivity index (χ1n) is 6.79. The van der Waals surface area contributed by atoms with E-state index in [1.807, 2.05) is 12.1 Å². The van der Waals surface area contributed by atoms with Crippen LogP contribution in [0.2, 0.25) is 0 Å². The molecule has 1 fully saturated rings. The summed E-state index contributed by atoms with van der Waals surface area (Å²) in [5.74, 6) is 1.08. The lowest BCUT2D eigenvalue weighted by atomic mass is 10.0. The topological polar surface area (TPSA) is 28.4 Å². The third-order valence-electron chi connectivity index (χ3n) is 3.70. The highest BCUT2D eigenvalue weighted by atomic mass is 16.3. The zero-order chi connectivity index (χ0) is 11.9. The molecular formula is C14H24N2O. The summed E-state index contributed by atoms with van der Waals surface area (Å²) in [6, 6.07) is 4.78. The van der Waals surface area contributed by atoms with Crippen molar-refractivity contribution >= 4 is 0 Å². The molecule has 0 spiro atoms. The van der Waals surface area contributed by atoms with E-state index in [4.69, 9.17) is 4.42 Å². The molecule has 1 aromatic rings. The molecule has 3 heteroatoms. The van der Waals surface area contributed by atoms with Gasteiger partial charge < -0.3 is 14.6 Å². The third kappa shape index (κ3) is 4.17. The molecule has 2 rings (SSSR count). The van der Waals surface area contributed by atoms with E-state index in [0.717, 1.165) is 31.3 Å². The molecule has 3 nitrogen and oxygen atoms in total. The zero-order valence-corrected chi connectivity index (χ0v) is 10.8. The average Bonchev–Trinajstić information content (AvgIpc) is 2.84. The number of rotatable bonds is 6. The van der Waals surface area contributed by atoms with Gasteiger partial charge in [0.15, 0.2) is 0 Å². The van der Waals surface area contributed by atoms with Crippen molar-refractivity contribution in [1.82, 2.24) is 10.2 Å². The molecule has 1 unspecified atom stereocenters. The highest BCUT2D eigenvalue weighted by molar-refractivity contribution is 4.98. The Bertz CT molecular complexity index is 297. The molecule has 1 atom stereocenters. The summed E-state index contributed by atoms with van der Waals surface area (Å²) in [6.07, 6.45) is 8.16. The lowest BCUT2D eigenvalue weighted by Gasteiger charge is -2.32. The number of furan rings is 1. The van der Waals surface area contributed by atoms with E-state index in [1.165, 1.54) is 32.2 Å². The van der Waals surface area contributed by atoms with Gasteiger partial charge in [-0.05, 0) is 51.5 Å². The minimum atomic E-state index is 0.792. The van der Waals surface area contributed by atoms with E-state index in [9.17, 15) is 0 Å². The van der Waals surface area contributed by atoms with Crippen molar-refractivity contribution in [2.75, 3.05) is 26.7 Å². The van der Waals surface area contributed by atoms with E-state index in [-0.39, 0.29) is 0 Å². The maximum atomic E-state index is 5.30. The monoisotopic (exact) mass is 236 g/mol. The van der Waals surface area contributed by atoms with Gasteiger partial charge in [-0.1, -0.05) is 6.42 Å². The highest BCUT2D eigenvalue weighted by Gasteiger charge is 2.17. The first-order valence-corrected chi connectivity index (χ1v) is 6.79. The SMILES string of the molecule is CN1CCCCC1CCNCCc1ccco1. The number of nitrogens with zero attached hydrogens (tertiary/aromatic N) is 1. The second-order valence-electron chi connectivity index (χ2n) is 5.00. The number of nitrogens with one attached hydrogen (secondary N) is 1. The Kier molecular flexibility index (Phi) is 5.08. The van der Waals surface area contributed by atoms with Gasteiger partial charge >= 0.3 is 0 Å². The quantitative estimate of drug-likeness (QED) is 0.768. The van der Waals surface area contributed by atoms with E-state index < -0.39 is 0 Å². The van der Waals surface area contributed by atoms with Crippen molar-refractivity contribution in [3.8, 4) is 0 Å². The van der Waals surface area contributed by atoms with Gasteiger partial charge in [-0.3, -0.25) is 0 Å². The Hall–Kier alpha value is -0.800. The second-order valence-corrected chi connectivity index (χ2v) is 5.00. The number of hydrogen-bond donors (Lipinski definition) is 1. The van der Waals surface area contributed by atoms with Gasteiger partial charge in [-0.15, -0.1) is 0 Å². The van der Waals surface area contributed by atoms with E-state index in [0.29, 0.717) is 0 Å². The van der Waals surface area contributed by atoms with Gasteiger partial charge in [-0.2, -0.15) is 0 Å². The number of likely N-dealkylation sites (tertiary alicyclic amines) is 1. The fraction of sp³-hybridized carbons (Fsp3) is 0.714. The molecule has 2 heterocycles. The van der Waals surface area contributed by atoms with Gasteiger partial charge in [-0.25, -0.2) is 0 Å². The third-order valence-corrected chi connectivity index (χ3v) is 3.70. The summed E-state index contributed by atoms with van der Waals surface area (Å²) in [5.41, 5.74) is 0. The molecule has 96 valence electrons. The predicted octanol–water partition coefficient (Wildman–Crippen LogP) is 2.29. The molecule has 0 radical (unpaired) electrons. The van der Waals surface area contributed by atoms with Crippen LogP contribution in [-0.2, 0) is 6.42 Å². The lowest BCUT2D eigenvalue weighted by Crippen LogP contribution is -2.38. The largest absolute Gasteiger partial charge is 0.469 e. The molecule has 0 bridgehead atoms. The van der Waals surface area contributed by atoms with Crippen molar-refractivity contribution < 1.29 is 4.42 Å². The van der Waals surface area contributed by atoms with Crippen LogP contribution in [0, 0.1) is 0 Å². The van der Waals surface area contributed by atoms with Gasteiger partial charge in [0.2, 0.25) is 0 Å². The molecule has 1 saturated heterocycles. The van der Waals surface area contributed by atoms with Crippen molar-refractivity contribution in [2.24, 2.45) is 0 Å². The molecule has 17 heavy (non-hydrogen) atoms. The Morgan fingerprint density at radius 1 is 1.41 bits per heavy atom. The van der Waals surface area contributed by atoms with Crippen LogP contribution in [0.4, 0.5) is 0 Å². The van der Waals surface area contributed by atoms with Crippen LogP contribution in [0.1, 0.15) is 31.4 Å². The highest BCUT2D eigenvalue weighted by Crippen LogP contribution is 2.16. The maximum absolute atomic E-state index is 5.30. The van der Waals surface area contributed by atoms with Crippen molar-refractivity contribution in [1.29, 1.82) is 0 Å². The van der Waals surface area contributed by atoms with Crippen LogP contribution in [0.5, 0.6) is 0 Å². The first kappa shape index (κ1) is 12.7. The normalized spacial score (nSPS) is 21.8. The zero-order valence-electron chi connectivity index (χ0n) is 10.8.